The van der Waals surface area contributed by atoms with E-state index in [4.69, 9.17) is 4.74 Å². The Kier molecular flexibility index (Phi) is 6.49. The van der Waals surface area contributed by atoms with Crippen molar-refractivity contribution in [2.75, 3.05) is 6.61 Å². The summed E-state index contributed by atoms with van der Waals surface area (Å²) in [7, 11) is 2.48. The number of hydrogen-bond acceptors (Lipinski definition) is 1. The predicted molar refractivity (Wildman–Crippen MR) is 72.1 cm³/mol. The lowest BCUT2D eigenvalue weighted by Crippen LogP contribution is -2.39. The highest BCUT2D eigenvalue weighted by Gasteiger charge is 2.33. The molecule has 16 heavy (non-hydrogen) atoms. The standard InChI is InChI=1S/C14H28BO/c1-5-7-8-15-9-13-10-16-14(6-2)12(4)11(13)3/h11-14H,5-10H2,1-4H3. The Balaban J connectivity index is 2.28. The zero-order valence-electron chi connectivity index (χ0n) is 11.5. The molecule has 0 aliphatic carbocycles. The quantitative estimate of drug-likeness (QED) is 0.488. The first-order chi connectivity index (χ1) is 7.70. The van der Waals surface area contributed by atoms with Gasteiger partial charge in [0.2, 0.25) is 0 Å². The van der Waals surface area contributed by atoms with Gasteiger partial charge in [-0.25, -0.2) is 0 Å². The van der Waals surface area contributed by atoms with Crippen molar-refractivity contribution < 1.29 is 4.74 Å². The molecular formula is C14H28BO. The molecule has 0 aromatic carbocycles. The minimum absolute atomic E-state index is 0.502. The summed E-state index contributed by atoms with van der Waals surface area (Å²) in [6, 6.07) is 0. The van der Waals surface area contributed by atoms with Crippen LogP contribution in [0.5, 0.6) is 0 Å². The van der Waals surface area contributed by atoms with Crippen molar-refractivity contribution in [2.24, 2.45) is 17.8 Å². The first kappa shape index (κ1) is 14.1. The van der Waals surface area contributed by atoms with Gasteiger partial charge in [0, 0.05) is 6.61 Å². The van der Waals surface area contributed by atoms with Gasteiger partial charge in [-0.1, -0.05) is 53.2 Å². The van der Waals surface area contributed by atoms with Crippen molar-refractivity contribution in [3.05, 3.63) is 0 Å². The van der Waals surface area contributed by atoms with E-state index >= 15 is 0 Å². The van der Waals surface area contributed by atoms with Gasteiger partial charge in [0.25, 0.3) is 0 Å². The highest BCUT2D eigenvalue weighted by molar-refractivity contribution is 6.35. The van der Waals surface area contributed by atoms with E-state index in [-0.39, 0.29) is 0 Å². The topological polar surface area (TPSA) is 9.23 Å². The van der Waals surface area contributed by atoms with Crippen LogP contribution in [0.25, 0.3) is 0 Å². The third kappa shape index (κ3) is 3.80. The summed E-state index contributed by atoms with van der Waals surface area (Å²) in [6.07, 6.45) is 6.85. The van der Waals surface area contributed by atoms with Crippen LogP contribution in [0, 0.1) is 17.8 Å². The van der Waals surface area contributed by atoms with Gasteiger partial charge >= 0.3 is 0 Å². The van der Waals surface area contributed by atoms with Crippen LogP contribution < -0.4 is 0 Å². The van der Waals surface area contributed by atoms with Gasteiger partial charge in [0.15, 0.2) is 0 Å². The molecule has 4 atom stereocenters. The van der Waals surface area contributed by atoms with Gasteiger partial charge in [-0.05, 0) is 24.2 Å². The molecule has 0 N–H and O–H groups in total. The largest absolute Gasteiger partial charge is 0.378 e. The fraction of sp³-hybridized carbons (Fsp3) is 1.00. The van der Waals surface area contributed by atoms with Crippen molar-refractivity contribution in [3.8, 4) is 0 Å². The average molecular weight is 223 g/mol. The van der Waals surface area contributed by atoms with E-state index in [0.29, 0.717) is 6.10 Å². The highest BCUT2D eigenvalue weighted by atomic mass is 16.5. The third-order valence-electron chi connectivity index (χ3n) is 4.32. The van der Waals surface area contributed by atoms with Crippen LogP contribution >= 0.6 is 0 Å². The van der Waals surface area contributed by atoms with Gasteiger partial charge in [0.1, 0.15) is 7.28 Å². The smallest absolute Gasteiger partial charge is 0.109 e. The van der Waals surface area contributed by atoms with Gasteiger partial charge in [0.05, 0.1) is 6.10 Å². The monoisotopic (exact) mass is 223 g/mol. The van der Waals surface area contributed by atoms with Gasteiger partial charge < -0.3 is 4.74 Å². The van der Waals surface area contributed by atoms with Crippen molar-refractivity contribution in [1.82, 2.24) is 0 Å². The second kappa shape index (κ2) is 7.37. The molecule has 1 aliphatic rings. The molecule has 1 saturated heterocycles. The molecule has 1 fully saturated rings. The molecular weight excluding hydrogens is 195 g/mol. The third-order valence-corrected chi connectivity index (χ3v) is 4.32. The van der Waals surface area contributed by atoms with E-state index in [1.165, 1.54) is 25.5 Å². The average Bonchev–Trinajstić information content (AvgIpc) is 2.30. The van der Waals surface area contributed by atoms with Crippen LogP contribution in [0.1, 0.15) is 47.0 Å². The molecule has 0 bridgehead atoms. The van der Waals surface area contributed by atoms with Crippen LogP contribution in [-0.4, -0.2) is 20.0 Å². The minimum Gasteiger partial charge on any atom is -0.378 e. The van der Waals surface area contributed by atoms with Crippen LogP contribution in [0.15, 0.2) is 0 Å². The zero-order chi connectivity index (χ0) is 12.0. The van der Waals surface area contributed by atoms with Gasteiger partial charge in [-0.15, -0.1) is 0 Å². The fourth-order valence-corrected chi connectivity index (χ4v) is 2.77. The molecule has 0 saturated carbocycles. The summed E-state index contributed by atoms with van der Waals surface area (Å²) < 4.78 is 5.96. The Labute approximate surface area is 103 Å². The SMILES string of the molecule is CCCC[B]CC1COC(CC)C(C)C1C. The molecule has 1 nitrogen and oxygen atoms in total. The minimum atomic E-state index is 0.502. The molecule has 1 radical (unpaired) electrons. The lowest BCUT2D eigenvalue weighted by Gasteiger charge is -2.40. The van der Waals surface area contributed by atoms with Crippen molar-refractivity contribution in [1.29, 1.82) is 0 Å². The number of unbranched alkanes of at least 4 members (excludes halogenated alkanes) is 1. The maximum atomic E-state index is 5.96. The van der Waals surface area contributed by atoms with E-state index < -0.39 is 0 Å². The summed E-state index contributed by atoms with van der Waals surface area (Å²) in [5.74, 6) is 2.30. The van der Waals surface area contributed by atoms with Gasteiger partial charge in [-0.3, -0.25) is 0 Å². The Morgan fingerprint density at radius 2 is 1.94 bits per heavy atom. The molecule has 1 heterocycles. The molecule has 1 rings (SSSR count). The maximum absolute atomic E-state index is 5.96. The zero-order valence-corrected chi connectivity index (χ0v) is 11.5. The number of hydrogen-bond donors (Lipinski definition) is 0. The summed E-state index contributed by atoms with van der Waals surface area (Å²) in [5.41, 5.74) is 0. The van der Waals surface area contributed by atoms with Crippen LogP contribution in [0.3, 0.4) is 0 Å². The summed E-state index contributed by atoms with van der Waals surface area (Å²) in [4.78, 5) is 0. The van der Waals surface area contributed by atoms with Crippen molar-refractivity contribution in [2.45, 2.75) is 65.7 Å². The summed E-state index contributed by atoms with van der Waals surface area (Å²) in [6.45, 7) is 10.2. The lowest BCUT2D eigenvalue weighted by atomic mass is 9.61. The van der Waals surface area contributed by atoms with Gasteiger partial charge in [-0.2, -0.15) is 0 Å². The first-order valence-corrected chi connectivity index (χ1v) is 7.13. The van der Waals surface area contributed by atoms with E-state index in [9.17, 15) is 0 Å². The summed E-state index contributed by atoms with van der Waals surface area (Å²) in [5, 5.41) is 0. The van der Waals surface area contributed by atoms with Crippen LogP contribution in [-0.2, 0) is 4.74 Å². The number of rotatable bonds is 6. The maximum Gasteiger partial charge on any atom is 0.109 e. The normalized spacial score (nSPS) is 35.0. The van der Waals surface area contributed by atoms with Crippen molar-refractivity contribution >= 4 is 7.28 Å². The Hall–Kier alpha value is 0.0249. The second-order valence-electron chi connectivity index (χ2n) is 5.42. The van der Waals surface area contributed by atoms with Crippen LogP contribution in [0.4, 0.5) is 0 Å². The predicted octanol–water partition coefficient (Wildman–Crippen LogP) is 4.02. The lowest BCUT2D eigenvalue weighted by molar-refractivity contribution is -0.0770. The highest BCUT2D eigenvalue weighted by Crippen LogP contribution is 2.34. The molecule has 0 spiro atoms. The number of ether oxygens (including phenoxy) is 1. The fourth-order valence-electron chi connectivity index (χ4n) is 2.77. The van der Waals surface area contributed by atoms with E-state index in [1.54, 1.807) is 0 Å². The second-order valence-corrected chi connectivity index (χ2v) is 5.42. The molecule has 2 heteroatoms. The molecule has 0 amide bonds. The molecule has 0 aromatic heterocycles. The molecule has 93 valence electrons. The Morgan fingerprint density at radius 1 is 1.19 bits per heavy atom. The van der Waals surface area contributed by atoms with Crippen molar-refractivity contribution in [3.63, 3.8) is 0 Å². The molecule has 4 unspecified atom stereocenters. The summed E-state index contributed by atoms with van der Waals surface area (Å²) >= 11 is 0. The Morgan fingerprint density at radius 3 is 2.56 bits per heavy atom. The van der Waals surface area contributed by atoms with Crippen LogP contribution in [0.2, 0.25) is 12.6 Å². The first-order valence-electron chi connectivity index (χ1n) is 7.13. The van der Waals surface area contributed by atoms with E-state index in [2.05, 4.69) is 35.0 Å². The molecule has 0 aromatic rings. The van der Waals surface area contributed by atoms with E-state index in [1.807, 2.05) is 0 Å². The van der Waals surface area contributed by atoms with E-state index in [0.717, 1.165) is 30.8 Å². The Bertz CT molecular complexity index is 184. The molecule has 1 aliphatic heterocycles.